The van der Waals surface area contributed by atoms with Crippen LogP contribution in [0.4, 0.5) is 0 Å². The number of nitriles is 1. The first-order valence-corrected chi connectivity index (χ1v) is 3.54. The van der Waals surface area contributed by atoms with E-state index in [1.165, 1.54) is 6.08 Å². The van der Waals surface area contributed by atoms with Crippen molar-refractivity contribution in [1.82, 2.24) is 0 Å². The highest BCUT2D eigenvalue weighted by Gasteiger charge is 1.93. The summed E-state index contributed by atoms with van der Waals surface area (Å²) in [6, 6.07) is 1.56. The van der Waals surface area contributed by atoms with Gasteiger partial charge in [0.05, 0.1) is 11.5 Å². The molecule has 0 N–H and O–H groups in total. The van der Waals surface area contributed by atoms with Gasteiger partial charge in [0, 0.05) is 0 Å². The molecule has 0 aromatic rings. The minimum Gasteiger partial charge on any atom is -0.544 e. The predicted molar refractivity (Wildman–Crippen MR) is 38.2 cm³/mol. The van der Waals surface area contributed by atoms with E-state index in [9.17, 15) is 9.90 Å². The van der Waals surface area contributed by atoms with Gasteiger partial charge < -0.3 is 9.90 Å². The normalized spacial score (nSPS) is 10.7. The van der Waals surface area contributed by atoms with Crippen molar-refractivity contribution in [3.8, 4) is 6.07 Å². The maximum atomic E-state index is 10.1. The Bertz CT molecular complexity index is 201. The van der Waals surface area contributed by atoms with Crippen molar-refractivity contribution < 1.29 is 9.90 Å². The van der Waals surface area contributed by atoms with Gasteiger partial charge in [0.15, 0.2) is 0 Å². The summed E-state index contributed by atoms with van der Waals surface area (Å²) in [7, 11) is 0. The highest BCUT2D eigenvalue weighted by atomic mass is 16.4. The highest BCUT2D eigenvalue weighted by molar-refractivity contribution is 5.89. The van der Waals surface area contributed by atoms with E-state index in [0.29, 0.717) is 6.42 Å². The monoisotopic (exact) mass is 152 g/mol. The van der Waals surface area contributed by atoms with E-state index in [1.54, 1.807) is 6.07 Å². The molecular weight excluding hydrogens is 142 g/mol. The summed E-state index contributed by atoms with van der Waals surface area (Å²) in [5, 5.41) is 18.4. The number of aliphatic carboxylic acids is 1. The number of hydrogen-bond acceptors (Lipinski definition) is 3. The summed E-state index contributed by atoms with van der Waals surface area (Å²) in [5.41, 5.74) is -0.265. The van der Waals surface area contributed by atoms with Crippen molar-refractivity contribution in [3.05, 3.63) is 11.6 Å². The molecule has 0 aromatic carbocycles. The molecule has 0 aromatic heterocycles. The maximum Gasteiger partial charge on any atom is 0.101 e. The SMILES string of the molecule is CCCC/C=C(\C#N)C(=O)[O-]. The van der Waals surface area contributed by atoms with Crippen LogP contribution in [0.2, 0.25) is 0 Å². The molecule has 0 fully saturated rings. The first kappa shape index (κ1) is 9.70. The Morgan fingerprint density at radius 1 is 1.73 bits per heavy atom. The average molecular weight is 152 g/mol. The Morgan fingerprint density at radius 2 is 2.36 bits per heavy atom. The topological polar surface area (TPSA) is 63.9 Å². The Kier molecular flexibility index (Phi) is 4.83. The molecule has 0 amide bonds. The van der Waals surface area contributed by atoms with Gasteiger partial charge in [-0.2, -0.15) is 5.26 Å². The van der Waals surface area contributed by atoms with Crippen molar-refractivity contribution in [3.63, 3.8) is 0 Å². The number of unbranched alkanes of at least 4 members (excludes halogenated alkanes) is 2. The summed E-state index contributed by atoms with van der Waals surface area (Å²) < 4.78 is 0. The number of carbonyl (C=O) groups excluding carboxylic acids is 1. The van der Waals surface area contributed by atoms with Crippen molar-refractivity contribution in [2.24, 2.45) is 0 Å². The summed E-state index contributed by atoms with van der Waals surface area (Å²) >= 11 is 0. The number of allylic oxidation sites excluding steroid dienone is 1. The molecule has 0 aliphatic heterocycles. The van der Waals surface area contributed by atoms with E-state index in [4.69, 9.17) is 5.26 Å². The molecule has 0 radical (unpaired) electrons. The Morgan fingerprint density at radius 3 is 2.73 bits per heavy atom. The molecule has 0 aliphatic carbocycles. The van der Waals surface area contributed by atoms with Gasteiger partial charge in [0.25, 0.3) is 0 Å². The first-order valence-electron chi connectivity index (χ1n) is 3.54. The number of nitrogens with zero attached hydrogens (tertiary/aromatic N) is 1. The van der Waals surface area contributed by atoms with Crippen molar-refractivity contribution in [2.75, 3.05) is 0 Å². The predicted octanol–water partition coefficient (Wildman–Crippen LogP) is 0.376. The smallest absolute Gasteiger partial charge is 0.101 e. The zero-order chi connectivity index (χ0) is 8.69. The fourth-order valence-electron chi connectivity index (χ4n) is 0.625. The molecular formula is C8H10NO2-. The van der Waals surface area contributed by atoms with E-state index in [1.807, 2.05) is 6.92 Å². The lowest BCUT2D eigenvalue weighted by Crippen LogP contribution is -2.23. The third-order valence-electron chi connectivity index (χ3n) is 1.25. The average Bonchev–Trinajstić information content (AvgIpc) is 1.97. The lowest BCUT2D eigenvalue weighted by Gasteiger charge is -1.97. The highest BCUT2D eigenvalue weighted by Crippen LogP contribution is 1.99. The van der Waals surface area contributed by atoms with Crippen molar-refractivity contribution in [2.45, 2.75) is 26.2 Å². The number of carboxylic acid groups (broad SMARTS) is 1. The second-order valence-corrected chi connectivity index (χ2v) is 2.16. The summed E-state index contributed by atoms with van der Waals surface area (Å²) in [6.45, 7) is 2.00. The van der Waals surface area contributed by atoms with Crippen LogP contribution in [0.25, 0.3) is 0 Å². The van der Waals surface area contributed by atoms with Gasteiger partial charge in [0.2, 0.25) is 0 Å². The van der Waals surface area contributed by atoms with Crippen LogP contribution in [-0.2, 0) is 4.79 Å². The second kappa shape index (κ2) is 5.48. The van der Waals surface area contributed by atoms with E-state index >= 15 is 0 Å². The molecule has 0 saturated carbocycles. The molecule has 11 heavy (non-hydrogen) atoms. The number of rotatable bonds is 4. The van der Waals surface area contributed by atoms with Crippen LogP contribution in [0.15, 0.2) is 11.6 Å². The van der Waals surface area contributed by atoms with Gasteiger partial charge in [0.1, 0.15) is 6.07 Å². The van der Waals surface area contributed by atoms with Gasteiger partial charge in [-0.3, -0.25) is 0 Å². The molecule has 60 valence electrons. The maximum absolute atomic E-state index is 10.1. The first-order chi connectivity index (χ1) is 5.22. The Balaban J connectivity index is 3.95. The summed E-state index contributed by atoms with van der Waals surface area (Å²) in [5.74, 6) is -1.39. The van der Waals surface area contributed by atoms with E-state index in [0.717, 1.165) is 12.8 Å². The van der Waals surface area contributed by atoms with Crippen LogP contribution in [0.5, 0.6) is 0 Å². The Hall–Kier alpha value is -1.30. The zero-order valence-corrected chi connectivity index (χ0v) is 6.46. The van der Waals surface area contributed by atoms with Crippen LogP contribution in [0.1, 0.15) is 26.2 Å². The zero-order valence-electron chi connectivity index (χ0n) is 6.46. The summed E-state index contributed by atoms with van der Waals surface area (Å²) in [4.78, 5) is 10.1. The minimum atomic E-state index is -1.39. The number of carboxylic acids is 1. The van der Waals surface area contributed by atoms with Crippen LogP contribution in [0, 0.1) is 11.3 Å². The summed E-state index contributed by atoms with van der Waals surface area (Å²) in [6.07, 6.45) is 3.92. The number of hydrogen-bond donors (Lipinski definition) is 0. The Labute approximate surface area is 66.0 Å². The van der Waals surface area contributed by atoms with Crippen LogP contribution in [-0.4, -0.2) is 5.97 Å². The van der Waals surface area contributed by atoms with E-state index in [-0.39, 0.29) is 5.57 Å². The molecule has 3 nitrogen and oxygen atoms in total. The van der Waals surface area contributed by atoms with Gasteiger partial charge in [-0.05, 0) is 6.42 Å². The van der Waals surface area contributed by atoms with Crippen molar-refractivity contribution in [1.29, 1.82) is 5.26 Å². The molecule has 0 unspecified atom stereocenters. The standard InChI is InChI=1S/C8H11NO2/c1-2-3-4-5-7(6-9)8(10)11/h5H,2-4H2,1H3,(H,10,11)/p-1/b7-5+. The van der Waals surface area contributed by atoms with Crippen LogP contribution >= 0.6 is 0 Å². The minimum absolute atomic E-state index is 0.265. The molecule has 0 bridgehead atoms. The molecule has 0 aliphatic rings. The largest absolute Gasteiger partial charge is 0.544 e. The van der Waals surface area contributed by atoms with Gasteiger partial charge in [-0.1, -0.05) is 25.8 Å². The molecule has 0 spiro atoms. The lowest BCUT2D eigenvalue weighted by atomic mass is 10.2. The molecule has 0 rings (SSSR count). The van der Waals surface area contributed by atoms with Crippen molar-refractivity contribution >= 4 is 5.97 Å². The molecule has 3 heteroatoms. The van der Waals surface area contributed by atoms with Crippen LogP contribution < -0.4 is 5.11 Å². The quantitative estimate of drug-likeness (QED) is 0.332. The number of carbonyl (C=O) groups is 1. The lowest BCUT2D eigenvalue weighted by molar-refractivity contribution is -0.298. The molecule has 0 saturated heterocycles. The van der Waals surface area contributed by atoms with Gasteiger partial charge >= 0.3 is 0 Å². The van der Waals surface area contributed by atoms with E-state index in [2.05, 4.69) is 0 Å². The third kappa shape index (κ3) is 4.15. The van der Waals surface area contributed by atoms with Gasteiger partial charge in [-0.25, -0.2) is 0 Å². The molecule has 0 heterocycles. The van der Waals surface area contributed by atoms with Crippen LogP contribution in [0.3, 0.4) is 0 Å². The second-order valence-electron chi connectivity index (χ2n) is 2.16. The fourth-order valence-corrected chi connectivity index (χ4v) is 0.625. The fraction of sp³-hybridized carbons (Fsp3) is 0.500. The van der Waals surface area contributed by atoms with Gasteiger partial charge in [-0.15, -0.1) is 0 Å². The van der Waals surface area contributed by atoms with E-state index < -0.39 is 5.97 Å². The third-order valence-corrected chi connectivity index (χ3v) is 1.25. The molecule has 0 atom stereocenters.